The van der Waals surface area contributed by atoms with Crippen LogP contribution >= 0.6 is 0 Å². The lowest BCUT2D eigenvalue weighted by Gasteiger charge is -2.46. The van der Waals surface area contributed by atoms with Gasteiger partial charge in [0.2, 0.25) is 5.92 Å². The molecule has 2 aromatic carbocycles. The van der Waals surface area contributed by atoms with E-state index in [1.54, 1.807) is 18.2 Å². The number of rotatable bonds is 1. The summed E-state index contributed by atoms with van der Waals surface area (Å²) in [4.78, 5) is 30.6. The lowest BCUT2D eigenvalue weighted by Crippen LogP contribution is -2.57. The van der Waals surface area contributed by atoms with Gasteiger partial charge in [-0.15, -0.1) is 0 Å². The molecule has 5 nitrogen and oxygen atoms in total. The molecule has 1 saturated carbocycles. The zero-order valence-corrected chi connectivity index (χ0v) is 17.0. The lowest BCUT2D eigenvalue weighted by molar-refractivity contribution is -0.141. The van der Waals surface area contributed by atoms with Crippen molar-refractivity contribution in [1.29, 1.82) is 0 Å². The third-order valence-corrected chi connectivity index (χ3v) is 7.31. The molecule has 5 rings (SSSR count). The average Bonchev–Trinajstić information content (AvgIpc) is 3.17. The maximum absolute atomic E-state index is 14.0. The molecule has 158 valence electrons. The van der Waals surface area contributed by atoms with Crippen LogP contribution in [0.3, 0.4) is 0 Å². The Morgan fingerprint density at radius 2 is 1.74 bits per heavy atom. The number of nitrogens with one attached hydrogen (secondary N) is 1. The molecule has 0 bridgehead atoms. The predicted octanol–water partition coefficient (Wildman–Crippen LogP) is 5.03. The minimum absolute atomic E-state index is 0.164. The molecular weight excluding hydrogens is 400 g/mol. The molecule has 1 unspecified atom stereocenters. The Morgan fingerprint density at radius 3 is 2.39 bits per heavy atom. The first kappa shape index (κ1) is 19.7. The number of imide groups is 1. The van der Waals surface area contributed by atoms with Gasteiger partial charge in [-0.1, -0.05) is 30.3 Å². The van der Waals surface area contributed by atoms with E-state index in [9.17, 15) is 18.4 Å². The Balaban J connectivity index is 1.68. The summed E-state index contributed by atoms with van der Waals surface area (Å²) >= 11 is 0. The molecule has 3 aliphatic rings. The third kappa shape index (κ3) is 2.64. The standard InChI is InChI=1S/C24H21F2N3O2/c1-27-18-5-3-4-15(12-18)16-6-7-17-14-22(8-10-23(25,26)11-9-22)24(19(17)13-16)20(30)29(2)21(31)28-24/h3-7,12-13H,8-11,14H2,2H3,(H,28,31). The van der Waals surface area contributed by atoms with Crippen molar-refractivity contribution in [3.8, 4) is 11.1 Å². The number of amides is 3. The van der Waals surface area contributed by atoms with Crippen molar-refractivity contribution in [1.82, 2.24) is 10.2 Å². The van der Waals surface area contributed by atoms with Gasteiger partial charge in [0.15, 0.2) is 11.2 Å². The van der Waals surface area contributed by atoms with E-state index in [1.807, 2.05) is 24.3 Å². The van der Waals surface area contributed by atoms with Crippen molar-refractivity contribution in [3.05, 3.63) is 65.0 Å². The van der Waals surface area contributed by atoms with Gasteiger partial charge >= 0.3 is 6.03 Å². The summed E-state index contributed by atoms with van der Waals surface area (Å²) in [5.41, 5.74) is 1.63. The number of urea groups is 1. The number of likely N-dealkylation sites (N-methyl/N-ethyl adjacent to an activating group) is 1. The monoisotopic (exact) mass is 421 g/mol. The van der Waals surface area contributed by atoms with Crippen LogP contribution in [0.25, 0.3) is 16.0 Å². The number of nitrogens with zero attached hydrogens (tertiary/aromatic N) is 2. The Hall–Kier alpha value is -3.27. The van der Waals surface area contributed by atoms with E-state index >= 15 is 0 Å². The minimum atomic E-state index is -2.75. The normalized spacial score (nSPS) is 25.5. The van der Waals surface area contributed by atoms with E-state index in [0.29, 0.717) is 17.7 Å². The smallest absolute Gasteiger partial charge is 0.319 e. The van der Waals surface area contributed by atoms with Gasteiger partial charge in [0.25, 0.3) is 5.91 Å². The summed E-state index contributed by atoms with van der Waals surface area (Å²) in [6.45, 7) is 7.26. The van der Waals surface area contributed by atoms with Gasteiger partial charge in [0, 0.05) is 25.3 Å². The van der Waals surface area contributed by atoms with Gasteiger partial charge in [-0.2, -0.15) is 0 Å². The largest absolute Gasteiger partial charge is 0.325 e. The molecule has 31 heavy (non-hydrogen) atoms. The number of alkyl halides is 2. The van der Waals surface area contributed by atoms with Crippen molar-refractivity contribution in [2.75, 3.05) is 7.05 Å². The van der Waals surface area contributed by atoms with E-state index < -0.39 is 22.9 Å². The zero-order chi connectivity index (χ0) is 22.0. The molecule has 1 heterocycles. The highest BCUT2D eigenvalue weighted by atomic mass is 19.3. The number of halogens is 2. The first-order valence-corrected chi connectivity index (χ1v) is 10.3. The molecule has 2 aliphatic carbocycles. The van der Waals surface area contributed by atoms with Gasteiger partial charge in [-0.25, -0.2) is 18.4 Å². The second-order valence-corrected chi connectivity index (χ2v) is 8.89. The summed E-state index contributed by atoms with van der Waals surface area (Å²) in [5, 5.41) is 2.92. The Kier molecular flexibility index (Phi) is 4.04. The quantitative estimate of drug-likeness (QED) is 0.519. The summed E-state index contributed by atoms with van der Waals surface area (Å²) in [5.74, 6) is -3.13. The molecule has 2 fully saturated rings. The number of hydrogen-bond donors (Lipinski definition) is 1. The van der Waals surface area contributed by atoms with Gasteiger partial charge < -0.3 is 5.32 Å². The van der Waals surface area contributed by atoms with Crippen LogP contribution in [-0.2, 0) is 16.8 Å². The van der Waals surface area contributed by atoms with Crippen LogP contribution in [0, 0.1) is 12.0 Å². The van der Waals surface area contributed by atoms with Crippen molar-refractivity contribution in [3.63, 3.8) is 0 Å². The van der Waals surface area contributed by atoms with E-state index in [4.69, 9.17) is 6.57 Å². The van der Waals surface area contributed by atoms with Crippen LogP contribution in [-0.4, -0.2) is 29.8 Å². The SMILES string of the molecule is [C-]#[N+]c1cccc(-c2ccc3c(c2)C2(NC(=O)N(C)C2=O)C2(CCC(F)(F)CC2)C3)c1. The van der Waals surface area contributed by atoms with Gasteiger partial charge in [0.05, 0.1) is 6.57 Å². The summed E-state index contributed by atoms with van der Waals surface area (Å²) in [6, 6.07) is 12.4. The van der Waals surface area contributed by atoms with Crippen LogP contribution < -0.4 is 5.32 Å². The molecule has 1 atom stereocenters. The molecule has 0 radical (unpaired) electrons. The number of fused-ring (bicyclic) bond motifs is 3. The van der Waals surface area contributed by atoms with Gasteiger partial charge in [0.1, 0.15) is 0 Å². The third-order valence-electron chi connectivity index (χ3n) is 7.31. The van der Waals surface area contributed by atoms with Crippen LogP contribution in [0.5, 0.6) is 0 Å². The fraction of sp³-hybridized carbons (Fsp3) is 0.375. The Bertz CT molecular complexity index is 1160. The fourth-order valence-corrected chi connectivity index (χ4v) is 5.63. The average molecular weight is 421 g/mol. The van der Waals surface area contributed by atoms with Crippen LogP contribution in [0.4, 0.5) is 19.3 Å². The second kappa shape index (κ2) is 6.36. The van der Waals surface area contributed by atoms with E-state index in [0.717, 1.165) is 21.6 Å². The molecule has 2 aromatic rings. The van der Waals surface area contributed by atoms with E-state index in [2.05, 4.69) is 10.2 Å². The maximum Gasteiger partial charge on any atom is 0.325 e. The number of carbonyl (C=O) groups is 2. The van der Waals surface area contributed by atoms with E-state index in [-0.39, 0.29) is 31.6 Å². The molecule has 1 saturated heterocycles. The molecule has 3 amide bonds. The molecule has 7 heteroatoms. The molecule has 1 N–H and O–H groups in total. The first-order chi connectivity index (χ1) is 14.7. The highest BCUT2D eigenvalue weighted by molar-refractivity contribution is 6.08. The number of carbonyl (C=O) groups excluding carboxylic acids is 2. The van der Waals surface area contributed by atoms with Crippen molar-refractivity contribution in [2.24, 2.45) is 5.41 Å². The second-order valence-electron chi connectivity index (χ2n) is 8.89. The summed E-state index contributed by atoms with van der Waals surface area (Å²) in [6.07, 6.45) is 0.208. The summed E-state index contributed by atoms with van der Waals surface area (Å²) < 4.78 is 28.1. The van der Waals surface area contributed by atoms with Gasteiger partial charge in [-0.05, 0) is 53.6 Å². The van der Waals surface area contributed by atoms with Crippen LogP contribution in [0.15, 0.2) is 42.5 Å². The molecular formula is C24H21F2N3O2. The molecule has 1 aliphatic heterocycles. The molecule has 2 spiro atoms. The van der Waals surface area contributed by atoms with Crippen molar-refractivity contribution >= 4 is 17.6 Å². The van der Waals surface area contributed by atoms with E-state index in [1.165, 1.54) is 7.05 Å². The number of benzene rings is 2. The minimum Gasteiger partial charge on any atom is -0.319 e. The Labute approximate surface area is 178 Å². The highest BCUT2D eigenvalue weighted by Gasteiger charge is 2.68. The predicted molar refractivity (Wildman–Crippen MR) is 111 cm³/mol. The topological polar surface area (TPSA) is 53.8 Å². The molecule has 0 aromatic heterocycles. The Morgan fingerprint density at radius 1 is 1.03 bits per heavy atom. The first-order valence-electron chi connectivity index (χ1n) is 10.3. The number of hydrogen-bond acceptors (Lipinski definition) is 2. The summed E-state index contributed by atoms with van der Waals surface area (Å²) in [7, 11) is 1.43. The van der Waals surface area contributed by atoms with Crippen LogP contribution in [0.2, 0.25) is 0 Å². The highest BCUT2D eigenvalue weighted by Crippen LogP contribution is 2.61. The van der Waals surface area contributed by atoms with Crippen LogP contribution in [0.1, 0.15) is 36.8 Å². The van der Waals surface area contributed by atoms with Gasteiger partial charge in [-0.3, -0.25) is 9.69 Å². The van der Waals surface area contributed by atoms with Crippen molar-refractivity contribution in [2.45, 2.75) is 43.6 Å². The maximum atomic E-state index is 14.0. The fourth-order valence-electron chi connectivity index (χ4n) is 5.63. The zero-order valence-electron chi connectivity index (χ0n) is 17.0. The van der Waals surface area contributed by atoms with Crippen molar-refractivity contribution < 1.29 is 18.4 Å². The lowest BCUT2D eigenvalue weighted by atomic mass is 9.61.